The lowest BCUT2D eigenvalue weighted by atomic mass is 9.94. The maximum absolute atomic E-state index is 5.55. The molecule has 0 saturated carbocycles. The van der Waals surface area contributed by atoms with Gasteiger partial charge in [0.1, 0.15) is 5.75 Å². The van der Waals surface area contributed by atoms with Crippen LogP contribution in [-0.2, 0) is 0 Å². The molecule has 1 aromatic heterocycles. The molecule has 1 aliphatic heterocycles. The summed E-state index contributed by atoms with van der Waals surface area (Å²) in [6.07, 6.45) is 1.14. The van der Waals surface area contributed by atoms with E-state index in [4.69, 9.17) is 17.0 Å². The Morgan fingerprint density at radius 1 is 1.40 bits per heavy atom. The van der Waals surface area contributed by atoms with Crippen LogP contribution in [0.15, 0.2) is 18.2 Å². The Labute approximate surface area is 124 Å². The first-order valence-electron chi connectivity index (χ1n) is 7.07. The van der Waals surface area contributed by atoms with Crippen LogP contribution in [0.3, 0.4) is 0 Å². The van der Waals surface area contributed by atoms with E-state index in [1.165, 1.54) is 5.52 Å². The molecule has 0 spiro atoms. The molecule has 20 heavy (non-hydrogen) atoms. The first-order valence-corrected chi connectivity index (χ1v) is 7.48. The Hall–Kier alpha value is -1.33. The fourth-order valence-electron chi connectivity index (χ4n) is 3.29. The van der Waals surface area contributed by atoms with Gasteiger partial charge in [-0.2, -0.15) is 0 Å². The predicted molar refractivity (Wildman–Crippen MR) is 84.0 cm³/mol. The molecule has 2 heterocycles. The number of hydrogen-bond donors (Lipinski definition) is 1. The van der Waals surface area contributed by atoms with Crippen LogP contribution < -0.4 is 4.74 Å². The highest BCUT2D eigenvalue weighted by atomic mass is 32.1. The van der Waals surface area contributed by atoms with Gasteiger partial charge in [0.25, 0.3) is 0 Å². The van der Waals surface area contributed by atoms with Gasteiger partial charge >= 0.3 is 0 Å². The molecule has 1 saturated heterocycles. The molecular formula is C15H21N3OS. The molecule has 3 rings (SSSR count). The number of H-pyrrole nitrogens is 1. The highest BCUT2D eigenvalue weighted by Gasteiger charge is 2.27. The zero-order valence-electron chi connectivity index (χ0n) is 12.2. The van der Waals surface area contributed by atoms with Crippen molar-refractivity contribution in [1.29, 1.82) is 0 Å². The van der Waals surface area contributed by atoms with Gasteiger partial charge in [-0.05, 0) is 50.3 Å². The summed E-state index contributed by atoms with van der Waals surface area (Å²) in [5, 5.41) is 0. The summed E-state index contributed by atoms with van der Waals surface area (Å²) in [7, 11) is 3.87. The van der Waals surface area contributed by atoms with E-state index >= 15 is 0 Å². The van der Waals surface area contributed by atoms with Gasteiger partial charge in [-0.1, -0.05) is 6.92 Å². The van der Waals surface area contributed by atoms with Crippen LogP contribution in [0.1, 0.15) is 19.4 Å². The number of aromatic nitrogens is 2. The largest absolute Gasteiger partial charge is 0.497 e. The van der Waals surface area contributed by atoms with Gasteiger partial charge in [-0.3, -0.25) is 0 Å². The van der Waals surface area contributed by atoms with Crippen LogP contribution >= 0.6 is 12.2 Å². The number of fused-ring (bicyclic) bond motifs is 1. The molecule has 1 N–H and O–H groups in total. The number of methoxy groups -OCH3 is 1. The van der Waals surface area contributed by atoms with Crippen molar-refractivity contribution in [3.63, 3.8) is 0 Å². The number of benzene rings is 1. The second-order valence-electron chi connectivity index (χ2n) is 5.78. The smallest absolute Gasteiger partial charge is 0.178 e. The highest BCUT2D eigenvalue weighted by molar-refractivity contribution is 7.71. The lowest BCUT2D eigenvalue weighted by Gasteiger charge is -2.35. The van der Waals surface area contributed by atoms with E-state index in [1.54, 1.807) is 7.11 Å². The third-order valence-corrected chi connectivity index (χ3v) is 4.62. The van der Waals surface area contributed by atoms with Crippen molar-refractivity contribution in [1.82, 2.24) is 14.5 Å². The van der Waals surface area contributed by atoms with Gasteiger partial charge in [0, 0.05) is 18.7 Å². The molecule has 0 radical (unpaired) electrons. The van der Waals surface area contributed by atoms with Crippen LogP contribution in [0.5, 0.6) is 5.75 Å². The van der Waals surface area contributed by atoms with Crippen molar-refractivity contribution in [2.45, 2.75) is 19.4 Å². The van der Waals surface area contributed by atoms with Crippen molar-refractivity contribution < 1.29 is 4.74 Å². The Balaban J connectivity index is 2.07. The number of imidazole rings is 1. The number of nitrogens with zero attached hydrogens (tertiary/aromatic N) is 2. The highest BCUT2D eigenvalue weighted by Crippen LogP contribution is 2.32. The van der Waals surface area contributed by atoms with Crippen molar-refractivity contribution in [3.8, 4) is 5.75 Å². The minimum absolute atomic E-state index is 0.473. The predicted octanol–water partition coefficient (Wildman–Crippen LogP) is 3.22. The normalized spacial score (nSPS) is 24.1. The molecule has 5 heteroatoms. The Morgan fingerprint density at radius 3 is 2.90 bits per heavy atom. The average molecular weight is 291 g/mol. The quantitative estimate of drug-likeness (QED) is 0.863. The molecule has 1 aliphatic rings. The molecule has 0 amide bonds. The summed E-state index contributed by atoms with van der Waals surface area (Å²) in [6.45, 7) is 4.55. The van der Waals surface area contributed by atoms with Gasteiger partial charge in [0.05, 0.1) is 18.1 Å². The van der Waals surface area contributed by atoms with Crippen LogP contribution in [0, 0.1) is 10.7 Å². The second kappa shape index (κ2) is 5.22. The van der Waals surface area contributed by atoms with Crippen molar-refractivity contribution in [2.24, 2.45) is 5.92 Å². The summed E-state index contributed by atoms with van der Waals surface area (Å²) in [5.41, 5.74) is 2.23. The Bertz CT molecular complexity index is 675. The zero-order chi connectivity index (χ0) is 14.3. The maximum atomic E-state index is 5.55. The molecule has 1 aromatic carbocycles. The first-order chi connectivity index (χ1) is 9.60. The van der Waals surface area contributed by atoms with Gasteiger partial charge in [0.15, 0.2) is 4.77 Å². The van der Waals surface area contributed by atoms with Crippen molar-refractivity contribution in [3.05, 3.63) is 23.0 Å². The number of likely N-dealkylation sites (tertiary alicyclic amines) is 1. The summed E-state index contributed by atoms with van der Waals surface area (Å²) < 4.78 is 8.39. The van der Waals surface area contributed by atoms with Crippen molar-refractivity contribution in [2.75, 3.05) is 27.2 Å². The molecule has 2 aromatic rings. The molecule has 1 fully saturated rings. The van der Waals surface area contributed by atoms with Gasteiger partial charge < -0.3 is 19.2 Å². The van der Waals surface area contributed by atoms with Crippen LogP contribution in [-0.4, -0.2) is 41.7 Å². The third kappa shape index (κ3) is 2.25. The Morgan fingerprint density at radius 2 is 2.20 bits per heavy atom. The topological polar surface area (TPSA) is 33.2 Å². The fourth-order valence-corrected chi connectivity index (χ4v) is 3.64. The molecule has 108 valence electrons. The molecule has 2 atom stereocenters. The monoisotopic (exact) mass is 291 g/mol. The van der Waals surface area contributed by atoms with E-state index < -0.39 is 0 Å². The van der Waals surface area contributed by atoms with Crippen LogP contribution in [0.25, 0.3) is 11.0 Å². The number of piperidine rings is 1. The summed E-state index contributed by atoms with van der Waals surface area (Å²) >= 11 is 5.55. The third-order valence-electron chi connectivity index (χ3n) is 4.32. The minimum atomic E-state index is 0.473. The lowest BCUT2D eigenvalue weighted by molar-refractivity contribution is 0.160. The number of rotatable bonds is 2. The molecule has 4 nitrogen and oxygen atoms in total. The summed E-state index contributed by atoms with van der Waals surface area (Å²) in [5.74, 6) is 1.46. The van der Waals surface area contributed by atoms with Crippen LogP contribution in [0.2, 0.25) is 0 Å². The molecular weight excluding hydrogens is 270 g/mol. The Kier molecular flexibility index (Phi) is 3.56. The molecule has 0 bridgehead atoms. The van der Waals surface area contributed by atoms with E-state index in [2.05, 4.69) is 34.5 Å². The minimum Gasteiger partial charge on any atom is -0.497 e. The summed E-state index contributed by atoms with van der Waals surface area (Å²) in [6, 6.07) is 6.59. The second-order valence-corrected chi connectivity index (χ2v) is 6.17. The van der Waals surface area contributed by atoms with Gasteiger partial charge in [-0.25, -0.2) is 0 Å². The van der Waals surface area contributed by atoms with Gasteiger partial charge in [0.2, 0.25) is 0 Å². The lowest BCUT2D eigenvalue weighted by Crippen LogP contribution is -2.37. The van der Waals surface area contributed by atoms with Crippen LogP contribution in [0.4, 0.5) is 0 Å². The fraction of sp³-hybridized carbons (Fsp3) is 0.533. The zero-order valence-corrected chi connectivity index (χ0v) is 13.0. The van der Waals surface area contributed by atoms with E-state index in [-0.39, 0.29) is 0 Å². The SMILES string of the molecule is COc1ccc2c(c1)[nH]c(=S)n2C1CCN(C)CC1C. The van der Waals surface area contributed by atoms with E-state index in [0.717, 1.165) is 35.5 Å². The van der Waals surface area contributed by atoms with E-state index in [9.17, 15) is 0 Å². The standard InChI is InChI=1S/C15H21N3OS/c1-10-9-17(2)7-6-13(10)18-14-5-4-11(19-3)8-12(14)16-15(18)20/h4-5,8,10,13H,6-7,9H2,1-3H3,(H,16,20). The van der Waals surface area contributed by atoms with Gasteiger partial charge in [-0.15, -0.1) is 0 Å². The molecule has 2 unspecified atom stereocenters. The van der Waals surface area contributed by atoms with Crippen molar-refractivity contribution >= 4 is 23.3 Å². The van der Waals surface area contributed by atoms with E-state index in [1.807, 2.05) is 12.1 Å². The number of ether oxygens (including phenoxy) is 1. The maximum Gasteiger partial charge on any atom is 0.178 e. The number of aromatic amines is 1. The van der Waals surface area contributed by atoms with E-state index in [0.29, 0.717) is 12.0 Å². The molecule has 0 aliphatic carbocycles. The summed E-state index contributed by atoms with van der Waals surface area (Å²) in [4.78, 5) is 5.71. The number of hydrogen-bond acceptors (Lipinski definition) is 3. The first kappa shape index (κ1) is 13.6. The number of nitrogens with one attached hydrogen (secondary N) is 1. The average Bonchev–Trinajstić information content (AvgIpc) is 2.74.